The van der Waals surface area contributed by atoms with E-state index in [-0.39, 0.29) is 18.0 Å². The van der Waals surface area contributed by atoms with E-state index in [1.807, 2.05) is 24.3 Å². The van der Waals surface area contributed by atoms with Gasteiger partial charge in [0.2, 0.25) is 0 Å². The Kier molecular flexibility index (Phi) is 5.20. The lowest BCUT2D eigenvalue weighted by Gasteiger charge is -2.39. The summed E-state index contributed by atoms with van der Waals surface area (Å²) in [5.74, 6) is 0.752. The molecule has 1 aliphatic rings. The summed E-state index contributed by atoms with van der Waals surface area (Å²) in [6.07, 6.45) is 4.40. The van der Waals surface area contributed by atoms with E-state index >= 15 is 0 Å². The van der Waals surface area contributed by atoms with Gasteiger partial charge in [0.15, 0.2) is 5.84 Å². The molecule has 1 saturated carbocycles. The Labute approximate surface area is 125 Å². The molecule has 1 aromatic rings. The van der Waals surface area contributed by atoms with Crippen LogP contribution in [0.25, 0.3) is 0 Å². The Morgan fingerprint density at radius 2 is 2.33 bits per heavy atom. The lowest BCUT2D eigenvalue weighted by molar-refractivity contribution is 0.0982. The number of nitrogens with zero attached hydrogens (tertiary/aromatic N) is 1. The van der Waals surface area contributed by atoms with Crippen LogP contribution in [0.2, 0.25) is 0 Å². The van der Waals surface area contributed by atoms with Gasteiger partial charge in [-0.2, -0.15) is 0 Å². The molecule has 1 fully saturated rings. The molecule has 116 valence electrons. The third-order valence-electron chi connectivity index (χ3n) is 4.39. The van der Waals surface area contributed by atoms with E-state index in [2.05, 4.69) is 17.4 Å². The standard InChI is InChI=1S/C16H25N3O2/c1-12-4-3-7-16(9-12,11-20)18-10-13-5-2-6-14(8-13)15(17)19-21/h2,5-6,8,12,18,20-21H,3-4,7,9-11H2,1H3,(H2,17,19). The normalized spacial score (nSPS) is 26.8. The summed E-state index contributed by atoms with van der Waals surface area (Å²) in [5.41, 5.74) is 7.20. The first-order valence-electron chi connectivity index (χ1n) is 7.51. The molecule has 1 aromatic carbocycles. The van der Waals surface area contributed by atoms with Crippen molar-refractivity contribution in [2.45, 2.75) is 44.7 Å². The maximum Gasteiger partial charge on any atom is 0.170 e. The summed E-state index contributed by atoms with van der Waals surface area (Å²) in [7, 11) is 0. The molecule has 0 aliphatic heterocycles. The van der Waals surface area contributed by atoms with Crippen LogP contribution < -0.4 is 11.1 Å². The number of oxime groups is 1. The summed E-state index contributed by atoms with van der Waals surface area (Å²) in [4.78, 5) is 0. The van der Waals surface area contributed by atoms with Crippen LogP contribution in [0.15, 0.2) is 29.4 Å². The molecule has 0 heterocycles. The number of hydrogen-bond donors (Lipinski definition) is 4. The van der Waals surface area contributed by atoms with Gasteiger partial charge in [0, 0.05) is 17.6 Å². The third-order valence-corrected chi connectivity index (χ3v) is 4.39. The van der Waals surface area contributed by atoms with E-state index in [9.17, 15) is 5.11 Å². The molecule has 1 aliphatic carbocycles. The fraction of sp³-hybridized carbons (Fsp3) is 0.562. The van der Waals surface area contributed by atoms with Gasteiger partial charge in [-0.25, -0.2) is 0 Å². The number of hydrogen-bond acceptors (Lipinski definition) is 4. The molecule has 5 heteroatoms. The van der Waals surface area contributed by atoms with E-state index in [4.69, 9.17) is 10.9 Å². The first-order valence-corrected chi connectivity index (χ1v) is 7.51. The van der Waals surface area contributed by atoms with Crippen LogP contribution >= 0.6 is 0 Å². The Morgan fingerprint density at radius 3 is 3.00 bits per heavy atom. The summed E-state index contributed by atoms with van der Waals surface area (Å²) in [5, 5.41) is 25.1. The van der Waals surface area contributed by atoms with E-state index in [1.54, 1.807) is 0 Å². The molecule has 0 spiro atoms. The number of amidine groups is 1. The largest absolute Gasteiger partial charge is 0.409 e. The predicted octanol–water partition coefficient (Wildman–Crippen LogP) is 1.81. The summed E-state index contributed by atoms with van der Waals surface area (Å²) in [6.45, 7) is 3.07. The third kappa shape index (κ3) is 3.95. The van der Waals surface area contributed by atoms with Gasteiger partial charge in [-0.1, -0.05) is 43.1 Å². The monoisotopic (exact) mass is 291 g/mol. The van der Waals surface area contributed by atoms with E-state index in [0.717, 1.165) is 24.8 Å². The zero-order chi connectivity index (χ0) is 15.3. The van der Waals surface area contributed by atoms with Crippen LogP contribution in [-0.2, 0) is 6.54 Å². The molecule has 0 bridgehead atoms. The second kappa shape index (κ2) is 6.91. The average Bonchev–Trinajstić information content (AvgIpc) is 2.52. The van der Waals surface area contributed by atoms with E-state index in [1.165, 1.54) is 6.42 Å². The predicted molar refractivity (Wildman–Crippen MR) is 83.2 cm³/mol. The Hall–Kier alpha value is -1.59. The molecule has 5 N–H and O–H groups in total. The lowest BCUT2D eigenvalue weighted by Crippen LogP contribution is -2.51. The Morgan fingerprint density at radius 1 is 1.52 bits per heavy atom. The first-order chi connectivity index (χ1) is 10.1. The van der Waals surface area contributed by atoms with Gasteiger partial charge in [0.25, 0.3) is 0 Å². The summed E-state index contributed by atoms with van der Waals surface area (Å²) >= 11 is 0. The van der Waals surface area contributed by atoms with Crippen LogP contribution in [-0.4, -0.2) is 28.3 Å². The van der Waals surface area contributed by atoms with Crippen molar-refractivity contribution in [3.8, 4) is 0 Å². The first kappa shape index (κ1) is 15.8. The quantitative estimate of drug-likeness (QED) is 0.288. The molecule has 0 saturated heterocycles. The van der Waals surface area contributed by atoms with E-state index < -0.39 is 0 Å². The number of benzene rings is 1. The smallest absolute Gasteiger partial charge is 0.170 e. The molecule has 2 rings (SSSR count). The molecule has 21 heavy (non-hydrogen) atoms. The van der Waals surface area contributed by atoms with Crippen molar-refractivity contribution in [2.75, 3.05) is 6.61 Å². The maximum absolute atomic E-state index is 9.78. The van der Waals surface area contributed by atoms with Gasteiger partial charge in [-0.05, 0) is 30.4 Å². The fourth-order valence-electron chi connectivity index (χ4n) is 3.21. The molecule has 5 nitrogen and oxygen atoms in total. The molecular weight excluding hydrogens is 266 g/mol. The Bertz CT molecular complexity index is 504. The number of nitrogens with two attached hydrogens (primary N) is 1. The second-order valence-electron chi connectivity index (χ2n) is 6.18. The van der Waals surface area contributed by atoms with Crippen molar-refractivity contribution >= 4 is 5.84 Å². The van der Waals surface area contributed by atoms with Crippen molar-refractivity contribution in [2.24, 2.45) is 16.8 Å². The number of rotatable bonds is 5. The van der Waals surface area contributed by atoms with E-state index in [0.29, 0.717) is 18.0 Å². The van der Waals surface area contributed by atoms with Crippen LogP contribution in [0, 0.1) is 5.92 Å². The van der Waals surface area contributed by atoms with Gasteiger partial charge < -0.3 is 21.4 Å². The SMILES string of the molecule is CC1CCCC(CO)(NCc2cccc(C(N)=NO)c2)C1. The van der Waals surface area contributed by atoms with Crippen LogP contribution in [0.1, 0.15) is 43.7 Å². The number of nitrogens with one attached hydrogen (secondary N) is 1. The maximum atomic E-state index is 9.78. The van der Waals surface area contributed by atoms with Crippen LogP contribution in [0.5, 0.6) is 0 Å². The van der Waals surface area contributed by atoms with Crippen LogP contribution in [0.3, 0.4) is 0 Å². The van der Waals surface area contributed by atoms with Crippen molar-refractivity contribution in [3.05, 3.63) is 35.4 Å². The molecule has 2 atom stereocenters. The van der Waals surface area contributed by atoms with Crippen molar-refractivity contribution < 1.29 is 10.3 Å². The zero-order valence-electron chi connectivity index (χ0n) is 12.5. The molecule has 2 unspecified atom stereocenters. The molecule has 0 radical (unpaired) electrons. The number of aliphatic hydroxyl groups excluding tert-OH is 1. The number of aliphatic hydroxyl groups is 1. The minimum atomic E-state index is -0.176. The van der Waals surface area contributed by atoms with Gasteiger partial charge in [0.1, 0.15) is 0 Å². The Balaban J connectivity index is 2.04. The lowest BCUT2D eigenvalue weighted by atomic mass is 9.77. The molecule has 0 amide bonds. The van der Waals surface area contributed by atoms with Crippen LogP contribution in [0.4, 0.5) is 0 Å². The average molecular weight is 291 g/mol. The summed E-state index contributed by atoms with van der Waals surface area (Å²) < 4.78 is 0. The second-order valence-corrected chi connectivity index (χ2v) is 6.18. The van der Waals surface area contributed by atoms with Crippen molar-refractivity contribution in [1.82, 2.24) is 5.32 Å². The highest BCUT2D eigenvalue weighted by Crippen LogP contribution is 2.32. The van der Waals surface area contributed by atoms with Crippen molar-refractivity contribution in [3.63, 3.8) is 0 Å². The topological polar surface area (TPSA) is 90.9 Å². The summed E-state index contributed by atoms with van der Waals surface area (Å²) in [6, 6.07) is 7.60. The highest BCUT2D eigenvalue weighted by atomic mass is 16.4. The van der Waals surface area contributed by atoms with Gasteiger partial charge >= 0.3 is 0 Å². The molecular formula is C16H25N3O2. The zero-order valence-corrected chi connectivity index (χ0v) is 12.5. The minimum absolute atomic E-state index is 0.111. The highest BCUT2D eigenvalue weighted by molar-refractivity contribution is 5.97. The molecule has 0 aromatic heterocycles. The minimum Gasteiger partial charge on any atom is -0.409 e. The van der Waals surface area contributed by atoms with Crippen molar-refractivity contribution in [1.29, 1.82) is 0 Å². The van der Waals surface area contributed by atoms with Gasteiger partial charge in [-0.3, -0.25) is 0 Å². The fourth-order valence-corrected chi connectivity index (χ4v) is 3.21. The highest BCUT2D eigenvalue weighted by Gasteiger charge is 2.33. The van der Waals surface area contributed by atoms with Gasteiger partial charge in [-0.15, -0.1) is 0 Å². The van der Waals surface area contributed by atoms with Gasteiger partial charge in [0.05, 0.1) is 6.61 Å².